The number of carbonyl (C=O) groups is 1. The fourth-order valence-electron chi connectivity index (χ4n) is 3.61. The molecular formula is C21H22N2O3. The van der Waals surface area contributed by atoms with Crippen LogP contribution >= 0.6 is 0 Å². The van der Waals surface area contributed by atoms with Crippen molar-refractivity contribution in [2.75, 3.05) is 0 Å². The van der Waals surface area contributed by atoms with Gasteiger partial charge in [0.1, 0.15) is 5.75 Å². The molecule has 1 saturated carbocycles. The molecule has 0 saturated heterocycles. The van der Waals surface area contributed by atoms with Crippen LogP contribution in [0.25, 0.3) is 22.0 Å². The second-order valence-electron chi connectivity index (χ2n) is 6.92. The van der Waals surface area contributed by atoms with Gasteiger partial charge in [0, 0.05) is 17.4 Å². The SMILES string of the molecule is O=C(O)CCc1ccc(OC2CCCC2)c(-c2ccc3[nH]ncc3c2)c1. The molecule has 1 aliphatic rings. The third kappa shape index (κ3) is 3.57. The van der Waals surface area contributed by atoms with Gasteiger partial charge in [-0.2, -0.15) is 5.10 Å². The molecule has 0 spiro atoms. The quantitative estimate of drug-likeness (QED) is 0.683. The lowest BCUT2D eigenvalue weighted by Crippen LogP contribution is -2.11. The van der Waals surface area contributed by atoms with E-state index in [4.69, 9.17) is 9.84 Å². The Morgan fingerprint density at radius 1 is 1.19 bits per heavy atom. The van der Waals surface area contributed by atoms with Crippen molar-refractivity contribution in [2.45, 2.75) is 44.6 Å². The summed E-state index contributed by atoms with van der Waals surface area (Å²) in [6.45, 7) is 0. The van der Waals surface area contributed by atoms with Gasteiger partial charge in [-0.05, 0) is 67.5 Å². The number of carboxylic acid groups (broad SMARTS) is 1. The topological polar surface area (TPSA) is 75.2 Å². The summed E-state index contributed by atoms with van der Waals surface area (Å²) in [5.74, 6) is 0.0940. The number of ether oxygens (including phenoxy) is 1. The van der Waals surface area contributed by atoms with Crippen LogP contribution in [0.1, 0.15) is 37.7 Å². The van der Waals surface area contributed by atoms with E-state index in [0.717, 1.165) is 46.2 Å². The number of aliphatic carboxylic acids is 1. The number of benzene rings is 2. The molecule has 2 N–H and O–H groups in total. The van der Waals surface area contributed by atoms with Gasteiger partial charge in [-0.1, -0.05) is 12.1 Å². The van der Waals surface area contributed by atoms with Crippen molar-refractivity contribution in [3.63, 3.8) is 0 Å². The van der Waals surface area contributed by atoms with E-state index < -0.39 is 5.97 Å². The molecule has 1 heterocycles. The van der Waals surface area contributed by atoms with E-state index >= 15 is 0 Å². The maximum Gasteiger partial charge on any atom is 0.303 e. The largest absolute Gasteiger partial charge is 0.490 e. The number of carboxylic acids is 1. The van der Waals surface area contributed by atoms with Gasteiger partial charge in [0.25, 0.3) is 0 Å². The Morgan fingerprint density at radius 3 is 2.85 bits per heavy atom. The molecule has 0 amide bonds. The lowest BCUT2D eigenvalue weighted by molar-refractivity contribution is -0.136. The zero-order valence-corrected chi connectivity index (χ0v) is 14.6. The average Bonchev–Trinajstić information content (AvgIpc) is 3.31. The monoisotopic (exact) mass is 350 g/mol. The molecule has 134 valence electrons. The van der Waals surface area contributed by atoms with Crippen LogP contribution in [0, 0.1) is 0 Å². The number of aryl methyl sites for hydroxylation is 1. The molecular weight excluding hydrogens is 328 g/mol. The van der Waals surface area contributed by atoms with Crippen molar-refractivity contribution < 1.29 is 14.6 Å². The maximum absolute atomic E-state index is 10.9. The van der Waals surface area contributed by atoms with E-state index in [1.165, 1.54) is 12.8 Å². The van der Waals surface area contributed by atoms with Crippen LogP contribution < -0.4 is 4.74 Å². The minimum atomic E-state index is -0.780. The van der Waals surface area contributed by atoms with Crippen molar-refractivity contribution in [3.05, 3.63) is 48.2 Å². The molecule has 5 heteroatoms. The first-order valence-electron chi connectivity index (χ1n) is 9.14. The zero-order valence-electron chi connectivity index (χ0n) is 14.6. The van der Waals surface area contributed by atoms with Crippen LogP contribution in [0.4, 0.5) is 0 Å². The molecule has 5 nitrogen and oxygen atoms in total. The summed E-state index contributed by atoms with van der Waals surface area (Å²) < 4.78 is 6.30. The molecule has 1 fully saturated rings. The van der Waals surface area contributed by atoms with E-state index in [1.54, 1.807) is 0 Å². The maximum atomic E-state index is 10.9. The molecule has 3 aromatic rings. The lowest BCUT2D eigenvalue weighted by Gasteiger charge is -2.18. The number of H-pyrrole nitrogens is 1. The predicted molar refractivity (Wildman–Crippen MR) is 100 cm³/mol. The fourth-order valence-corrected chi connectivity index (χ4v) is 3.61. The van der Waals surface area contributed by atoms with E-state index in [-0.39, 0.29) is 12.5 Å². The van der Waals surface area contributed by atoms with Gasteiger partial charge in [-0.3, -0.25) is 9.89 Å². The molecule has 4 rings (SSSR count). The molecule has 0 radical (unpaired) electrons. The summed E-state index contributed by atoms with van der Waals surface area (Å²) in [6, 6.07) is 12.2. The molecule has 0 aliphatic heterocycles. The van der Waals surface area contributed by atoms with E-state index in [9.17, 15) is 4.79 Å². The third-order valence-corrected chi connectivity index (χ3v) is 5.02. The minimum absolute atomic E-state index is 0.128. The smallest absolute Gasteiger partial charge is 0.303 e. The summed E-state index contributed by atoms with van der Waals surface area (Å²) in [5.41, 5.74) is 4.08. The summed E-state index contributed by atoms with van der Waals surface area (Å²) in [6.07, 6.45) is 7.36. The Kier molecular flexibility index (Phi) is 4.61. The minimum Gasteiger partial charge on any atom is -0.490 e. The Bertz CT molecular complexity index is 926. The summed E-state index contributed by atoms with van der Waals surface area (Å²) in [7, 11) is 0. The van der Waals surface area contributed by atoms with Crippen LogP contribution in [0.15, 0.2) is 42.6 Å². The molecule has 0 bridgehead atoms. The summed E-state index contributed by atoms with van der Waals surface area (Å²) >= 11 is 0. The van der Waals surface area contributed by atoms with Gasteiger partial charge in [0.15, 0.2) is 0 Å². The molecule has 2 aromatic carbocycles. The first kappa shape index (κ1) is 16.6. The van der Waals surface area contributed by atoms with Crippen molar-refractivity contribution >= 4 is 16.9 Å². The van der Waals surface area contributed by atoms with Gasteiger partial charge in [-0.25, -0.2) is 0 Å². The van der Waals surface area contributed by atoms with Crippen molar-refractivity contribution in [1.82, 2.24) is 10.2 Å². The first-order chi connectivity index (χ1) is 12.7. The number of nitrogens with zero attached hydrogens (tertiary/aromatic N) is 1. The van der Waals surface area contributed by atoms with Gasteiger partial charge < -0.3 is 9.84 Å². The molecule has 0 atom stereocenters. The lowest BCUT2D eigenvalue weighted by atomic mass is 9.98. The van der Waals surface area contributed by atoms with Crippen molar-refractivity contribution in [1.29, 1.82) is 0 Å². The van der Waals surface area contributed by atoms with Crippen LogP contribution in [0.3, 0.4) is 0 Å². The second kappa shape index (κ2) is 7.20. The normalized spacial score (nSPS) is 14.8. The molecule has 26 heavy (non-hydrogen) atoms. The zero-order chi connectivity index (χ0) is 17.9. The number of aromatic nitrogens is 2. The Hall–Kier alpha value is -2.82. The Labute approximate surface area is 152 Å². The highest BCUT2D eigenvalue weighted by Crippen LogP contribution is 2.35. The van der Waals surface area contributed by atoms with E-state index in [1.807, 2.05) is 24.4 Å². The highest BCUT2D eigenvalue weighted by Gasteiger charge is 2.19. The molecule has 1 aliphatic carbocycles. The standard InChI is InChI=1S/C21H22N2O3/c24-21(25)10-6-14-5-9-20(26-17-3-1-2-4-17)18(11-14)15-7-8-19-16(12-15)13-22-23-19/h5,7-9,11-13,17H,1-4,6,10H2,(H,22,23)(H,24,25). The van der Waals surface area contributed by atoms with Crippen LogP contribution in [0.5, 0.6) is 5.75 Å². The summed E-state index contributed by atoms with van der Waals surface area (Å²) in [4.78, 5) is 10.9. The Morgan fingerprint density at radius 2 is 2.04 bits per heavy atom. The van der Waals surface area contributed by atoms with Gasteiger partial charge in [0.05, 0.1) is 17.8 Å². The summed E-state index contributed by atoms with van der Waals surface area (Å²) in [5, 5.41) is 17.1. The number of rotatable bonds is 6. The van der Waals surface area contributed by atoms with Crippen LogP contribution in [-0.2, 0) is 11.2 Å². The number of nitrogens with one attached hydrogen (secondary N) is 1. The van der Waals surface area contributed by atoms with Crippen LogP contribution in [0.2, 0.25) is 0 Å². The fraction of sp³-hybridized carbons (Fsp3) is 0.333. The number of hydrogen-bond donors (Lipinski definition) is 2. The number of fused-ring (bicyclic) bond motifs is 1. The van der Waals surface area contributed by atoms with Gasteiger partial charge in [-0.15, -0.1) is 0 Å². The molecule has 0 unspecified atom stereocenters. The predicted octanol–water partition coefficient (Wildman–Crippen LogP) is 4.57. The van der Waals surface area contributed by atoms with Crippen molar-refractivity contribution in [2.24, 2.45) is 0 Å². The van der Waals surface area contributed by atoms with Crippen LogP contribution in [-0.4, -0.2) is 27.4 Å². The first-order valence-corrected chi connectivity index (χ1v) is 9.14. The number of aromatic amines is 1. The average molecular weight is 350 g/mol. The highest BCUT2D eigenvalue weighted by molar-refractivity contribution is 5.85. The second-order valence-corrected chi connectivity index (χ2v) is 6.92. The number of hydrogen-bond acceptors (Lipinski definition) is 3. The van der Waals surface area contributed by atoms with Gasteiger partial charge >= 0.3 is 5.97 Å². The van der Waals surface area contributed by atoms with E-state index in [0.29, 0.717) is 6.42 Å². The molecule has 1 aromatic heterocycles. The highest BCUT2D eigenvalue weighted by atomic mass is 16.5. The third-order valence-electron chi connectivity index (χ3n) is 5.02. The van der Waals surface area contributed by atoms with Crippen molar-refractivity contribution in [3.8, 4) is 16.9 Å². The van der Waals surface area contributed by atoms with E-state index in [2.05, 4.69) is 28.4 Å². The Balaban J connectivity index is 1.71. The van der Waals surface area contributed by atoms with Gasteiger partial charge in [0.2, 0.25) is 0 Å².